The van der Waals surface area contributed by atoms with Crippen molar-refractivity contribution < 1.29 is 40.6 Å². The van der Waals surface area contributed by atoms with Gasteiger partial charge in [0.1, 0.15) is 13.2 Å². The topological polar surface area (TPSA) is 48.6 Å². The summed E-state index contributed by atoms with van der Waals surface area (Å²) >= 11 is 0. The minimum atomic E-state index is -0.129. The lowest BCUT2D eigenvalue weighted by Crippen LogP contribution is -3.00. The van der Waals surface area contributed by atoms with Crippen LogP contribution in [-0.4, -0.2) is 39.0 Å². The van der Waals surface area contributed by atoms with Crippen molar-refractivity contribution in [2.75, 3.05) is 33.0 Å². The molecule has 1 aromatic rings. The van der Waals surface area contributed by atoms with Crippen LogP contribution in [0, 0.1) is 5.41 Å². The summed E-state index contributed by atoms with van der Waals surface area (Å²) in [6.45, 7) is 6.39. The highest BCUT2D eigenvalue weighted by Crippen LogP contribution is 2.28. The monoisotopic (exact) mass is 597 g/mol. The Labute approximate surface area is 244 Å². The molecule has 0 radical (unpaired) electrons. The number of pyridine rings is 1. The second-order valence-corrected chi connectivity index (χ2v) is 11.2. The smallest absolute Gasteiger partial charge is 0.305 e. The number of carbonyl (C=O) groups is 1. The molecular formula is C32H56BrNO4. The zero-order valence-electron chi connectivity index (χ0n) is 24.3. The molecule has 1 aliphatic rings. The van der Waals surface area contributed by atoms with Crippen molar-refractivity contribution in [2.45, 2.75) is 129 Å². The highest BCUT2D eigenvalue weighted by Gasteiger charge is 2.40. The van der Waals surface area contributed by atoms with E-state index in [1.165, 1.54) is 83.5 Å². The maximum atomic E-state index is 12.2. The Morgan fingerprint density at radius 3 is 1.84 bits per heavy atom. The summed E-state index contributed by atoms with van der Waals surface area (Å²) in [5, 5.41) is 0. The molecule has 0 unspecified atom stereocenters. The fourth-order valence-electron chi connectivity index (χ4n) is 4.92. The number of esters is 1. The van der Waals surface area contributed by atoms with Gasteiger partial charge >= 0.3 is 5.97 Å². The van der Waals surface area contributed by atoms with Gasteiger partial charge in [0.05, 0.1) is 25.2 Å². The minimum absolute atomic E-state index is 0. The zero-order chi connectivity index (χ0) is 26.3. The second-order valence-electron chi connectivity index (χ2n) is 11.2. The van der Waals surface area contributed by atoms with Crippen molar-refractivity contribution in [2.24, 2.45) is 5.41 Å². The molecule has 0 amide bonds. The van der Waals surface area contributed by atoms with Gasteiger partial charge in [-0.2, -0.15) is 0 Å². The van der Waals surface area contributed by atoms with Crippen LogP contribution < -0.4 is 21.5 Å². The largest absolute Gasteiger partial charge is 1.00 e. The Kier molecular flexibility index (Phi) is 22.0. The third-order valence-electron chi connectivity index (χ3n) is 7.48. The first-order chi connectivity index (χ1) is 18.2. The molecule has 0 atom stereocenters. The molecule has 1 aromatic heterocycles. The molecule has 5 nitrogen and oxygen atoms in total. The predicted molar refractivity (Wildman–Crippen MR) is 150 cm³/mol. The average Bonchev–Trinajstić information content (AvgIpc) is 2.89. The zero-order valence-corrected chi connectivity index (χ0v) is 25.9. The number of aryl methyl sites for hydroxylation is 1. The first kappa shape index (κ1) is 35.0. The highest BCUT2D eigenvalue weighted by molar-refractivity contribution is 5.69. The van der Waals surface area contributed by atoms with E-state index >= 15 is 0 Å². The molecule has 1 fully saturated rings. The van der Waals surface area contributed by atoms with Gasteiger partial charge in [0.25, 0.3) is 0 Å². The number of ether oxygens (including phenoxy) is 3. The highest BCUT2D eigenvalue weighted by atomic mass is 79.9. The van der Waals surface area contributed by atoms with Gasteiger partial charge in [-0.3, -0.25) is 4.79 Å². The van der Waals surface area contributed by atoms with Gasteiger partial charge in [-0.1, -0.05) is 96.5 Å². The van der Waals surface area contributed by atoms with Gasteiger partial charge in [-0.05, 0) is 19.3 Å². The fraction of sp³-hybridized carbons (Fsp3) is 0.812. The molecule has 0 N–H and O–H groups in total. The van der Waals surface area contributed by atoms with E-state index in [1.54, 1.807) is 0 Å². The summed E-state index contributed by atoms with van der Waals surface area (Å²) < 4.78 is 19.2. The van der Waals surface area contributed by atoms with E-state index in [9.17, 15) is 4.79 Å². The predicted octanol–water partition coefficient (Wildman–Crippen LogP) is 4.60. The maximum absolute atomic E-state index is 12.2. The number of hydrogen-bond acceptors (Lipinski definition) is 4. The summed E-state index contributed by atoms with van der Waals surface area (Å²) in [5.41, 5.74) is -0.129. The summed E-state index contributed by atoms with van der Waals surface area (Å²) in [6, 6.07) is 6.11. The lowest BCUT2D eigenvalue weighted by molar-refractivity contribution is -0.697. The molecule has 220 valence electrons. The molecule has 1 saturated heterocycles. The Balaban J connectivity index is 0.00000722. The Morgan fingerprint density at radius 2 is 1.29 bits per heavy atom. The van der Waals surface area contributed by atoms with Crippen LogP contribution in [0.2, 0.25) is 0 Å². The van der Waals surface area contributed by atoms with Crippen molar-refractivity contribution in [1.82, 2.24) is 0 Å². The van der Waals surface area contributed by atoms with Crippen molar-refractivity contribution in [3.05, 3.63) is 30.6 Å². The van der Waals surface area contributed by atoms with Crippen LogP contribution in [0.4, 0.5) is 0 Å². The quantitative estimate of drug-likeness (QED) is 0.0939. The summed E-state index contributed by atoms with van der Waals surface area (Å²) in [7, 11) is 0. The van der Waals surface area contributed by atoms with Crippen LogP contribution in [0.25, 0.3) is 0 Å². The number of unbranched alkanes of at least 4 members (excludes halogenated alkanes) is 15. The SMILES string of the molecule is CCCCCCCCCCCCCCCCOCC1(COC(=O)CCCCC[n+]2ccccc2)COC1.[Br-]. The van der Waals surface area contributed by atoms with Gasteiger partial charge in [0, 0.05) is 31.6 Å². The second kappa shape index (κ2) is 23.9. The molecular weight excluding hydrogens is 542 g/mol. The van der Waals surface area contributed by atoms with Crippen LogP contribution in [0.1, 0.15) is 122 Å². The number of rotatable bonds is 25. The van der Waals surface area contributed by atoms with Crippen molar-refractivity contribution in [3.8, 4) is 0 Å². The molecule has 0 spiro atoms. The normalized spacial score (nSPS) is 14.0. The summed E-state index contributed by atoms with van der Waals surface area (Å²) in [5.74, 6) is -0.0920. The molecule has 1 aliphatic heterocycles. The number of halogens is 1. The van der Waals surface area contributed by atoms with Crippen LogP contribution in [0.15, 0.2) is 30.6 Å². The van der Waals surface area contributed by atoms with Gasteiger partial charge in [0.15, 0.2) is 12.4 Å². The van der Waals surface area contributed by atoms with E-state index in [2.05, 4.69) is 23.9 Å². The molecule has 0 bridgehead atoms. The Bertz CT molecular complexity index is 669. The molecule has 2 rings (SSSR count). The lowest BCUT2D eigenvalue weighted by atomic mass is 9.88. The average molecular weight is 599 g/mol. The molecule has 38 heavy (non-hydrogen) atoms. The molecule has 0 saturated carbocycles. The molecule has 0 aliphatic carbocycles. The number of hydrogen-bond donors (Lipinski definition) is 0. The standard InChI is InChI=1S/C32H56NO4.BrH/c1-2-3-4-5-6-7-8-9-10-11-12-13-14-21-26-35-27-32(28-36-29-32)30-37-31(34)22-17-15-18-23-33-24-19-16-20-25-33;/h16,19-20,24-25H,2-15,17-18,21-23,26-30H2,1H3;1H/q+1;/p-1. The van der Waals surface area contributed by atoms with Crippen molar-refractivity contribution in [1.29, 1.82) is 0 Å². The summed E-state index contributed by atoms with van der Waals surface area (Å²) in [6.07, 6.45) is 26.8. The van der Waals surface area contributed by atoms with Crippen LogP contribution in [0.3, 0.4) is 0 Å². The summed E-state index contributed by atoms with van der Waals surface area (Å²) in [4.78, 5) is 12.2. The third kappa shape index (κ3) is 17.6. The van der Waals surface area contributed by atoms with E-state index in [-0.39, 0.29) is 28.4 Å². The minimum Gasteiger partial charge on any atom is -1.00 e. The van der Waals surface area contributed by atoms with Gasteiger partial charge < -0.3 is 31.2 Å². The Hall–Kier alpha value is -0.980. The van der Waals surface area contributed by atoms with Crippen LogP contribution >= 0.6 is 0 Å². The lowest BCUT2D eigenvalue weighted by Gasteiger charge is -2.40. The maximum Gasteiger partial charge on any atom is 0.305 e. The van der Waals surface area contributed by atoms with E-state index in [4.69, 9.17) is 14.2 Å². The molecule has 6 heteroatoms. The number of nitrogens with zero attached hydrogens (tertiary/aromatic N) is 1. The van der Waals surface area contributed by atoms with Crippen molar-refractivity contribution >= 4 is 5.97 Å². The number of carbonyl (C=O) groups excluding carboxylic acids is 1. The van der Waals surface area contributed by atoms with E-state index in [0.29, 0.717) is 32.8 Å². The molecule has 0 aromatic carbocycles. The van der Waals surface area contributed by atoms with Crippen LogP contribution in [0.5, 0.6) is 0 Å². The van der Waals surface area contributed by atoms with E-state index in [0.717, 1.165) is 38.8 Å². The van der Waals surface area contributed by atoms with E-state index < -0.39 is 0 Å². The van der Waals surface area contributed by atoms with Gasteiger partial charge in [-0.15, -0.1) is 0 Å². The molecule has 2 heterocycles. The first-order valence-electron chi connectivity index (χ1n) is 15.5. The third-order valence-corrected chi connectivity index (χ3v) is 7.48. The van der Waals surface area contributed by atoms with Gasteiger partial charge in [0.2, 0.25) is 0 Å². The Morgan fingerprint density at radius 1 is 0.737 bits per heavy atom. The van der Waals surface area contributed by atoms with Gasteiger partial charge in [-0.25, -0.2) is 4.57 Å². The fourth-order valence-corrected chi connectivity index (χ4v) is 4.92. The number of aromatic nitrogens is 1. The first-order valence-corrected chi connectivity index (χ1v) is 15.5. The van der Waals surface area contributed by atoms with E-state index in [1.807, 2.05) is 18.2 Å². The van der Waals surface area contributed by atoms with Crippen molar-refractivity contribution in [3.63, 3.8) is 0 Å². The van der Waals surface area contributed by atoms with Crippen LogP contribution in [-0.2, 0) is 25.5 Å².